The van der Waals surface area contributed by atoms with Gasteiger partial charge < -0.3 is 24.5 Å². The number of aromatic nitrogens is 1. The minimum Gasteiger partial charge on any atom is -0.454 e. The highest BCUT2D eigenvalue weighted by Gasteiger charge is 2.21. The lowest BCUT2D eigenvalue weighted by Crippen LogP contribution is -2.42. The third-order valence-electron chi connectivity index (χ3n) is 5.82. The topological polar surface area (TPSA) is 84.2 Å². The molecule has 4 rings (SSSR count). The number of halogens is 1. The van der Waals surface area contributed by atoms with E-state index in [2.05, 4.69) is 25.5 Å². The van der Waals surface area contributed by atoms with Crippen LogP contribution in [-0.4, -0.2) is 49.3 Å². The monoisotopic (exact) mass is 541 g/mol. The van der Waals surface area contributed by atoms with Crippen LogP contribution in [0.3, 0.4) is 0 Å². The number of piperidine rings is 1. The van der Waals surface area contributed by atoms with E-state index in [0.29, 0.717) is 19.3 Å². The van der Waals surface area contributed by atoms with E-state index in [1.54, 1.807) is 7.05 Å². The molecule has 170 valence electrons. The third-order valence-corrected chi connectivity index (χ3v) is 5.82. The summed E-state index contributed by atoms with van der Waals surface area (Å²) in [5, 5.41) is 6.85. The number of nitrogens with one attached hydrogen (secondary N) is 2. The van der Waals surface area contributed by atoms with Gasteiger partial charge in [0.15, 0.2) is 17.5 Å². The second-order valence-electron chi connectivity index (χ2n) is 7.96. The van der Waals surface area contributed by atoms with E-state index < -0.39 is 0 Å². The summed E-state index contributed by atoms with van der Waals surface area (Å²) in [6.45, 7) is 8.80. The summed E-state index contributed by atoms with van der Waals surface area (Å²) in [7, 11) is 1.80. The molecule has 2 aromatic rings. The van der Waals surface area contributed by atoms with Gasteiger partial charge in [0.2, 0.25) is 12.7 Å². The Morgan fingerprint density at radius 2 is 1.94 bits per heavy atom. The number of fused-ring (bicyclic) bond motifs is 1. The zero-order valence-electron chi connectivity index (χ0n) is 18.4. The van der Waals surface area contributed by atoms with E-state index in [4.69, 9.17) is 13.9 Å². The molecule has 0 bridgehead atoms. The summed E-state index contributed by atoms with van der Waals surface area (Å²) in [5.41, 5.74) is 2.12. The Bertz CT molecular complexity index is 874. The van der Waals surface area contributed by atoms with Gasteiger partial charge in [-0.15, -0.1) is 24.0 Å². The third kappa shape index (κ3) is 6.25. The zero-order chi connectivity index (χ0) is 20.9. The molecule has 0 atom stereocenters. The Morgan fingerprint density at radius 1 is 1.16 bits per heavy atom. The fourth-order valence-electron chi connectivity index (χ4n) is 3.85. The normalized spacial score (nSPS) is 16.8. The van der Waals surface area contributed by atoms with Gasteiger partial charge in [-0.25, -0.2) is 4.98 Å². The molecule has 0 aliphatic carbocycles. The molecule has 0 saturated carbocycles. The largest absolute Gasteiger partial charge is 0.454 e. The summed E-state index contributed by atoms with van der Waals surface area (Å²) in [4.78, 5) is 11.3. The van der Waals surface area contributed by atoms with Crippen molar-refractivity contribution in [3.8, 4) is 11.5 Å². The van der Waals surface area contributed by atoms with Crippen LogP contribution in [0.2, 0.25) is 0 Å². The number of aryl methyl sites for hydroxylation is 2. The van der Waals surface area contributed by atoms with Gasteiger partial charge in [-0.3, -0.25) is 9.89 Å². The van der Waals surface area contributed by atoms with E-state index in [9.17, 15) is 0 Å². The fourth-order valence-corrected chi connectivity index (χ4v) is 3.85. The number of hydrogen-bond donors (Lipinski definition) is 2. The lowest BCUT2D eigenvalue weighted by atomic mass is 9.97. The summed E-state index contributed by atoms with van der Waals surface area (Å²) in [6.07, 6.45) is 2.32. The van der Waals surface area contributed by atoms with Crippen molar-refractivity contribution in [1.82, 2.24) is 20.5 Å². The van der Waals surface area contributed by atoms with E-state index in [-0.39, 0.29) is 24.0 Å². The number of oxazole rings is 1. The van der Waals surface area contributed by atoms with E-state index in [0.717, 1.165) is 79.4 Å². The van der Waals surface area contributed by atoms with Gasteiger partial charge in [0, 0.05) is 20.1 Å². The first-order chi connectivity index (χ1) is 14.6. The minimum absolute atomic E-state index is 0. The zero-order valence-corrected chi connectivity index (χ0v) is 20.8. The molecular weight excluding hydrogens is 509 g/mol. The van der Waals surface area contributed by atoms with Crippen LogP contribution in [0.4, 0.5) is 0 Å². The predicted octanol–water partition coefficient (Wildman–Crippen LogP) is 3.22. The van der Waals surface area contributed by atoms with Gasteiger partial charge in [0.25, 0.3) is 0 Å². The lowest BCUT2D eigenvalue weighted by Gasteiger charge is -2.31. The van der Waals surface area contributed by atoms with Crippen LogP contribution in [0, 0.1) is 19.8 Å². The number of rotatable bonds is 6. The predicted molar refractivity (Wildman–Crippen MR) is 130 cm³/mol. The second kappa shape index (κ2) is 11.0. The summed E-state index contributed by atoms with van der Waals surface area (Å²) >= 11 is 0. The summed E-state index contributed by atoms with van der Waals surface area (Å²) in [6, 6.07) is 6.00. The average molecular weight is 541 g/mol. The molecule has 0 radical (unpaired) electrons. The Balaban J connectivity index is 0.00000272. The van der Waals surface area contributed by atoms with Crippen molar-refractivity contribution in [2.45, 2.75) is 39.8 Å². The molecule has 2 aliphatic heterocycles. The average Bonchev–Trinajstić information content (AvgIpc) is 3.34. The maximum atomic E-state index is 5.72. The maximum absolute atomic E-state index is 5.72. The number of likely N-dealkylation sites (tertiary alicyclic amines) is 1. The molecule has 9 heteroatoms. The smallest absolute Gasteiger partial charge is 0.231 e. The van der Waals surface area contributed by atoms with Gasteiger partial charge >= 0.3 is 0 Å². The SMILES string of the molecule is CN=C(NCc1ccc2c(c1)OCO2)NCC1CCN(Cc2nc(C)c(C)o2)CC1.I. The van der Waals surface area contributed by atoms with Crippen molar-refractivity contribution in [2.24, 2.45) is 10.9 Å². The quantitative estimate of drug-likeness (QED) is 0.330. The van der Waals surface area contributed by atoms with E-state index in [1.807, 2.05) is 32.0 Å². The standard InChI is InChI=1S/C22H31N5O3.HI/c1-15-16(2)30-21(26-15)13-27-8-6-17(7-9-27)11-24-22(23-3)25-12-18-4-5-19-20(10-18)29-14-28-19;/h4-5,10,17H,6-9,11-14H2,1-3H3,(H2,23,24,25);1H. The summed E-state index contributed by atoms with van der Waals surface area (Å²) < 4.78 is 16.5. The molecule has 1 saturated heterocycles. The first-order valence-electron chi connectivity index (χ1n) is 10.6. The maximum Gasteiger partial charge on any atom is 0.231 e. The lowest BCUT2D eigenvalue weighted by molar-refractivity contribution is 0.164. The molecule has 1 fully saturated rings. The van der Waals surface area contributed by atoms with Gasteiger partial charge in [-0.1, -0.05) is 6.07 Å². The number of nitrogens with zero attached hydrogens (tertiary/aromatic N) is 3. The molecule has 2 aliphatic rings. The van der Waals surface area contributed by atoms with Crippen LogP contribution in [0.5, 0.6) is 11.5 Å². The molecule has 0 unspecified atom stereocenters. The van der Waals surface area contributed by atoms with Crippen molar-refractivity contribution < 1.29 is 13.9 Å². The van der Waals surface area contributed by atoms with Crippen LogP contribution >= 0.6 is 24.0 Å². The first kappa shape index (κ1) is 23.6. The highest BCUT2D eigenvalue weighted by molar-refractivity contribution is 14.0. The van der Waals surface area contributed by atoms with Crippen LogP contribution < -0.4 is 20.1 Å². The second-order valence-corrected chi connectivity index (χ2v) is 7.96. The highest BCUT2D eigenvalue weighted by Crippen LogP contribution is 2.32. The van der Waals surface area contributed by atoms with Crippen molar-refractivity contribution in [3.05, 3.63) is 41.1 Å². The van der Waals surface area contributed by atoms with Crippen LogP contribution in [0.15, 0.2) is 27.6 Å². The Kier molecular flexibility index (Phi) is 8.42. The number of hydrogen-bond acceptors (Lipinski definition) is 6. The molecule has 0 spiro atoms. The van der Waals surface area contributed by atoms with Crippen LogP contribution in [-0.2, 0) is 13.1 Å². The minimum atomic E-state index is 0. The van der Waals surface area contributed by atoms with E-state index >= 15 is 0 Å². The Labute approximate surface area is 200 Å². The number of benzene rings is 1. The number of ether oxygens (including phenoxy) is 2. The van der Waals surface area contributed by atoms with Crippen molar-refractivity contribution in [3.63, 3.8) is 0 Å². The Morgan fingerprint density at radius 3 is 2.65 bits per heavy atom. The van der Waals surface area contributed by atoms with Gasteiger partial charge in [0.05, 0.1) is 12.2 Å². The molecular formula is C22H32IN5O3. The van der Waals surface area contributed by atoms with Gasteiger partial charge in [-0.2, -0.15) is 0 Å². The van der Waals surface area contributed by atoms with Crippen molar-refractivity contribution in [2.75, 3.05) is 33.5 Å². The Hall–Kier alpha value is -2.01. The van der Waals surface area contributed by atoms with Gasteiger partial charge in [0.1, 0.15) is 5.76 Å². The van der Waals surface area contributed by atoms with E-state index in [1.165, 1.54) is 0 Å². The van der Waals surface area contributed by atoms with Crippen LogP contribution in [0.25, 0.3) is 0 Å². The van der Waals surface area contributed by atoms with Crippen molar-refractivity contribution >= 4 is 29.9 Å². The molecule has 0 amide bonds. The first-order valence-corrected chi connectivity index (χ1v) is 10.6. The number of aliphatic imine (C=N–C) groups is 1. The molecule has 1 aromatic carbocycles. The van der Waals surface area contributed by atoms with Crippen molar-refractivity contribution in [1.29, 1.82) is 0 Å². The molecule has 8 nitrogen and oxygen atoms in total. The molecule has 3 heterocycles. The highest BCUT2D eigenvalue weighted by atomic mass is 127. The van der Waals surface area contributed by atoms with Gasteiger partial charge in [-0.05, 0) is 63.4 Å². The number of guanidine groups is 1. The molecule has 1 aromatic heterocycles. The molecule has 31 heavy (non-hydrogen) atoms. The molecule has 2 N–H and O–H groups in total. The fraction of sp³-hybridized carbons (Fsp3) is 0.545. The van der Waals surface area contributed by atoms with Crippen LogP contribution in [0.1, 0.15) is 35.7 Å². The summed E-state index contributed by atoms with van der Waals surface area (Å²) in [5.74, 6) is 4.82.